The lowest BCUT2D eigenvalue weighted by atomic mass is 10.1. The van der Waals surface area contributed by atoms with Crippen LogP contribution >= 0.6 is 0 Å². The second kappa shape index (κ2) is 6.78. The van der Waals surface area contributed by atoms with Crippen LogP contribution in [0.3, 0.4) is 0 Å². The van der Waals surface area contributed by atoms with Crippen LogP contribution in [0.15, 0.2) is 18.2 Å². The summed E-state index contributed by atoms with van der Waals surface area (Å²) in [5.74, 6) is 0.933. The molecule has 4 nitrogen and oxygen atoms in total. The molecule has 4 heteroatoms. The Balaban J connectivity index is 1.97. The van der Waals surface area contributed by atoms with E-state index >= 15 is 0 Å². The van der Waals surface area contributed by atoms with Crippen LogP contribution in [0.1, 0.15) is 5.56 Å². The van der Waals surface area contributed by atoms with E-state index in [2.05, 4.69) is 28.9 Å². The van der Waals surface area contributed by atoms with Crippen molar-refractivity contribution < 1.29 is 9.47 Å². The van der Waals surface area contributed by atoms with Gasteiger partial charge in [0.15, 0.2) is 0 Å². The molecular formula is C15H24N2O2. The fourth-order valence-electron chi connectivity index (χ4n) is 2.49. The summed E-state index contributed by atoms with van der Waals surface area (Å²) in [6.07, 6.45) is 0. The lowest BCUT2D eigenvalue weighted by Gasteiger charge is -2.36. The third-order valence-electron chi connectivity index (χ3n) is 3.74. The van der Waals surface area contributed by atoms with Crippen molar-refractivity contribution >= 4 is 5.69 Å². The third kappa shape index (κ3) is 3.61. The van der Waals surface area contributed by atoms with Gasteiger partial charge in [-0.3, -0.25) is 4.90 Å². The van der Waals surface area contributed by atoms with Gasteiger partial charge in [-0.1, -0.05) is 6.07 Å². The summed E-state index contributed by atoms with van der Waals surface area (Å²) in [6, 6.07) is 6.29. The van der Waals surface area contributed by atoms with Crippen molar-refractivity contribution in [2.75, 3.05) is 58.5 Å². The number of aryl methyl sites for hydroxylation is 1. The molecule has 0 radical (unpaired) electrons. The van der Waals surface area contributed by atoms with Crippen molar-refractivity contribution in [2.24, 2.45) is 0 Å². The van der Waals surface area contributed by atoms with Gasteiger partial charge in [0.25, 0.3) is 0 Å². The molecule has 19 heavy (non-hydrogen) atoms. The van der Waals surface area contributed by atoms with E-state index in [0.717, 1.165) is 45.1 Å². The first-order valence-electron chi connectivity index (χ1n) is 6.85. The Labute approximate surface area is 115 Å². The summed E-state index contributed by atoms with van der Waals surface area (Å²) in [6.45, 7) is 8.33. The monoisotopic (exact) mass is 264 g/mol. The van der Waals surface area contributed by atoms with Gasteiger partial charge in [0.05, 0.1) is 13.7 Å². The number of piperazine rings is 1. The van der Waals surface area contributed by atoms with Crippen molar-refractivity contribution in [3.05, 3.63) is 23.8 Å². The number of methoxy groups -OCH3 is 2. The molecule has 0 N–H and O–H groups in total. The minimum absolute atomic E-state index is 0.818. The number of hydrogen-bond donors (Lipinski definition) is 0. The average Bonchev–Trinajstić information content (AvgIpc) is 2.46. The van der Waals surface area contributed by atoms with Crippen molar-refractivity contribution in [3.8, 4) is 5.75 Å². The van der Waals surface area contributed by atoms with Crippen molar-refractivity contribution in [3.63, 3.8) is 0 Å². The van der Waals surface area contributed by atoms with Crippen LogP contribution < -0.4 is 9.64 Å². The maximum absolute atomic E-state index is 5.32. The topological polar surface area (TPSA) is 24.9 Å². The average molecular weight is 264 g/mol. The molecule has 0 aliphatic carbocycles. The fourth-order valence-corrected chi connectivity index (χ4v) is 2.49. The summed E-state index contributed by atoms with van der Waals surface area (Å²) in [5.41, 5.74) is 2.61. The molecule has 0 aromatic heterocycles. The summed E-state index contributed by atoms with van der Waals surface area (Å²) < 4.78 is 10.5. The van der Waals surface area contributed by atoms with Crippen LogP contribution in [0.25, 0.3) is 0 Å². The van der Waals surface area contributed by atoms with E-state index in [9.17, 15) is 0 Å². The minimum Gasteiger partial charge on any atom is -0.497 e. The molecule has 1 fully saturated rings. The highest BCUT2D eigenvalue weighted by atomic mass is 16.5. The molecule has 0 saturated carbocycles. The Hall–Kier alpha value is -1.26. The maximum atomic E-state index is 5.32. The molecule has 1 aliphatic rings. The second-order valence-corrected chi connectivity index (χ2v) is 4.97. The molecule has 2 rings (SSSR count). The number of rotatable bonds is 5. The van der Waals surface area contributed by atoms with Gasteiger partial charge in [-0.2, -0.15) is 0 Å². The smallest absolute Gasteiger partial charge is 0.120 e. The van der Waals surface area contributed by atoms with Crippen LogP contribution in [0.5, 0.6) is 5.75 Å². The lowest BCUT2D eigenvalue weighted by Crippen LogP contribution is -2.47. The molecule has 0 atom stereocenters. The zero-order valence-corrected chi connectivity index (χ0v) is 12.2. The predicted octanol–water partition coefficient (Wildman–Crippen LogP) is 1.77. The largest absolute Gasteiger partial charge is 0.497 e. The first-order valence-corrected chi connectivity index (χ1v) is 6.85. The standard InChI is InChI=1S/C15H24N2O2/c1-13-4-5-14(19-3)12-15(13)17-8-6-16(7-9-17)10-11-18-2/h4-5,12H,6-11H2,1-3H3. The van der Waals surface area contributed by atoms with E-state index in [1.54, 1.807) is 14.2 Å². The first-order chi connectivity index (χ1) is 9.24. The number of ether oxygens (including phenoxy) is 2. The second-order valence-electron chi connectivity index (χ2n) is 4.97. The zero-order valence-electron chi connectivity index (χ0n) is 12.2. The van der Waals surface area contributed by atoms with E-state index in [0.29, 0.717) is 0 Å². The third-order valence-corrected chi connectivity index (χ3v) is 3.74. The maximum Gasteiger partial charge on any atom is 0.120 e. The van der Waals surface area contributed by atoms with Gasteiger partial charge in [-0.25, -0.2) is 0 Å². The summed E-state index contributed by atoms with van der Waals surface area (Å²) >= 11 is 0. The zero-order chi connectivity index (χ0) is 13.7. The normalized spacial score (nSPS) is 16.7. The van der Waals surface area contributed by atoms with E-state index in [1.807, 2.05) is 6.07 Å². The fraction of sp³-hybridized carbons (Fsp3) is 0.600. The number of anilines is 1. The molecule has 0 amide bonds. The number of hydrogen-bond acceptors (Lipinski definition) is 4. The molecular weight excluding hydrogens is 240 g/mol. The summed E-state index contributed by atoms with van der Waals surface area (Å²) in [7, 11) is 3.48. The number of benzene rings is 1. The van der Waals surface area contributed by atoms with Crippen LogP contribution in [0, 0.1) is 6.92 Å². The van der Waals surface area contributed by atoms with E-state index < -0.39 is 0 Å². The van der Waals surface area contributed by atoms with Gasteiger partial charge in [-0.15, -0.1) is 0 Å². The van der Waals surface area contributed by atoms with Gasteiger partial charge >= 0.3 is 0 Å². The van der Waals surface area contributed by atoms with Gasteiger partial charge in [0.1, 0.15) is 5.75 Å². The summed E-state index contributed by atoms with van der Waals surface area (Å²) in [5, 5.41) is 0. The number of nitrogens with zero attached hydrogens (tertiary/aromatic N) is 2. The van der Waals surface area contributed by atoms with Crippen molar-refractivity contribution in [2.45, 2.75) is 6.92 Å². The van der Waals surface area contributed by atoms with Gasteiger partial charge in [0.2, 0.25) is 0 Å². The van der Waals surface area contributed by atoms with E-state index in [4.69, 9.17) is 9.47 Å². The highest BCUT2D eigenvalue weighted by Gasteiger charge is 2.18. The Kier molecular flexibility index (Phi) is 5.05. The Morgan fingerprint density at radius 1 is 1.11 bits per heavy atom. The molecule has 1 aromatic rings. The van der Waals surface area contributed by atoms with Crippen molar-refractivity contribution in [1.29, 1.82) is 0 Å². The molecule has 1 aromatic carbocycles. The van der Waals surface area contributed by atoms with Crippen LogP contribution in [-0.2, 0) is 4.74 Å². The highest BCUT2D eigenvalue weighted by Crippen LogP contribution is 2.26. The summed E-state index contributed by atoms with van der Waals surface area (Å²) in [4.78, 5) is 4.90. The highest BCUT2D eigenvalue weighted by molar-refractivity contribution is 5.57. The SMILES string of the molecule is COCCN1CCN(c2cc(OC)ccc2C)CC1. The Morgan fingerprint density at radius 2 is 1.84 bits per heavy atom. The Bertz CT molecular complexity index is 401. The van der Waals surface area contributed by atoms with Gasteiger partial charge in [-0.05, 0) is 18.6 Å². The van der Waals surface area contributed by atoms with Gasteiger partial charge in [0, 0.05) is 51.6 Å². The predicted molar refractivity (Wildman–Crippen MR) is 78.3 cm³/mol. The molecule has 106 valence electrons. The molecule has 1 saturated heterocycles. The van der Waals surface area contributed by atoms with Gasteiger partial charge < -0.3 is 14.4 Å². The lowest BCUT2D eigenvalue weighted by molar-refractivity contribution is 0.144. The molecule has 1 aliphatic heterocycles. The molecule has 0 unspecified atom stereocenters. The first kappa shape index (κ1) is 14.2. The van der Waals surface area contributed by atoms with Crippen molar-refractivity contribution in [1.82, 2.24) is 4.90 Å². The van der Waals surface area contributed by atoms with Crippen LogP contribution in [0.4, 0.5) is 5.69 Å². The van der Waals surface area contributed by atoms with E-state index in [-0.39, 0.29) is 0 Å². The minimum atomic E-state index is 0.818. The van der Waals surface area contributed by atoms with E-state index in [1.165, 1.54) is 11.3 Å². The van der Waals surface area contributed by atoms with Crippen LogP contribution in [0.2, 0.25) is 0 Å². The quantitative estimate of drug-likeness (QED) is 0.809. The van der Waals surface area contributed by atoms with Crippen LogP contribution in [-0.4, -0.2) is 58.5 Å². The molecule has 0 spiro atoms. The molecule has 1 heterocycles. The Morgan fingerprint density at radius 3 is 2.47 bits per heavy atom. The molecule has 0 bridgehead atoms.